The van der Waals surface area contributed by atoms with Crippen LogP contribution in [0.4, 0.5) is 0 Å². The van der Waals surface area contributed by atoms with Gasteiger partial charge in [0.05, 0.1) is 7.11 Å². The second-order valence-corrected chi connectivity index (χ2v) is 3.54. The van der Waals surface area contributed by atoms with Gasteiger partial charge in [-0.1, -0.05) is 12.1 Å². The van der Waals surface area contributed by atoms with Crippen molar-refractivity contribution in [3.63, 3.8) is 0 Å². The highest BCUT2D eigenvalue weighted by Gasteiger charge is 2.06. The summed E-state index contributed by atoms with van der Waals surface area (Å²) in [4.78, 5) is 11.3. The van der Waals surface area contributed by atoms with Gasteiger partial charge in [-0.3, -0.25) is 4.79 Å². The van der Waals surface area contributed by atoms with E-state index >= 15 is 0 Å². The molecule has 4 nitrogen and oxygen atoms in total. The van der Waals surface area contributed by atoms with E-state index < -0.39 is 0 Å². The molecule has 92 valence electrons. The monoisotopic (exact) mass is 235 g/mol. The summed E-state index contributed by atoms with van der Waals surface area (Å²) in [5.74, 6) is 1.00. The van der Waals surface area contributed by atoms with Crippen LogP contribution in [0.15, 0.2) is 30.9 Å². The standard InChI is InChI=1S/C13H17NO3/c1-4-7-14-13(15)9-17-11-6-5-10(2)8-12(11)16-3/h4-6,8H,1,7,9H2,2-3H3,(H,14,15). The van der Waals surface area contributed by atoms with Gasteiger partial charge in [-0.2, -0.15) is 0 Å². The molecule has 1 aromatic rings. The fourth-order valence-corrected chi connectivity index (χ4v) is 1.27. The smallest absolute Gasteiger partial charge is 0.258 e. The summed E-state index contributed by atoms with van der Waals surface area (Å²) in [6.07, 6.45) is 1.62. The van der Waals surface area contributed by atoms with Crippen LogP contribution in [-0.2, 0) is 4.79 Å². The van der Waals surface area contributed by atoms with E-state index in [2.05, 4.69) is 11.9 Å². The molecular formula is C13H17NO3. The molecule has 0 unspecified atom stereocenters. The maximum atomic E-state index is 11.3. The van der Waals surface area contributed by atoms with Crippen molar-refractivity contribution in [2.24, 2.45) is 0 Å². The highest BCUT2D eigenvalue weighted by molar-refractivity contribution is 5.77. The first-order chi connectivity index (χ1) is 8.17. The Morgan fingerprint density at radius 1 is 1.47 bits per heavy atom. The normalized spacial score (nSPS) is 9.53. The molecule has 0 heterocycles. The van der Waals surface area contributed by atoms with E-state index in [1.165, 1.54) is 0 Å². The molecule has 0 aliphatic rings. The molecule has 0 aliphatic carbocycles. The van der Waals surface area contributed by atoms with Gasteiger partial charge < -0.3 is 14.8 Å². The highest BCUT2D eigenvalue weighted by atomic mass is 16.5. The number of carbonyl (C=O) groups is 1. The Hall–Kier alpha value is -1.97. The van der Waals surface area contributed by atoms with Crippen LogP contribution in [0.3, 0.4) is 0 Å². The third kappa shape index (κ3) is 4.18. The second-order valence-electron chi connectivity index (χ2n) is 3.54. The van der Waals surface area contributed by atoms with Gasteiger partial charge in [-0.25, -0.2) is 0 Å². The number of aryl methyl sites for hydroxylation is 1. The summed E-state index contributed by atoms with van der Waals surface area (Å²) in [5.41, 5.74) is 1.07. The van der Waals surface area contributed by atoms with Crippen LogP contribution >= 0.6 is 0 Å². The van der Waals surface area contributed by atoms with Crippen molar-refractivity contribution in [1.82, 2.24) is 5.32 Å². The number of rotatable bonds is 6. The summed E-state index contributed by atoms with van der Waals surface area (Å²) in [5, 5.41) is 2.63. The molecule has 0 saturated heterocycles. The van der Waals surface area contributed by atoms with E-state index in [0.717, 1.165) is 5.56 Å². The minimum absolute atomic E-state index is 0.0345. The van der Waals surface area contributed by atoms with Gasteiger partial charge in [0.2, 0.25) is 0 Å². The molecule has 0 fully saturated rings. The Kier molecular flexibility index (Phi) is 5.07. The summed E-state index contributed by atoms with van der Waals surface area (Å²) >= 11 is 0. The quantitative estimate of drug-likeness (QED) is 0.763. The first-order valence-electron chi connectivity index (χ1n) is 5.32. The van der Waals surface area contributed by atoms with Gasteiger partial charge in [-0.05, 0) is 24.6 Å². The lowest BCUT2D eigenvalue weighted by Crippen LogP contribution is -2.28. The van der Waals surface area contributed by atoms with Crippen LogP contribution in [0.25, 0.3) is 0 Å². The zero-order chi connectivity index (χ0) is 12.7. The van der Waals surface area contributed by atoms with Crippen molar-refractivity contribution >= 4 is 5.91 Å². The fraction of sp³-hybridized carbons (Fsp3) is 0.308. The minimum Gasteiger partial charge on any atom is -0.493 e. The second kappa shape index (κ2) is 6.58. The number of methoxy groups -OCH3 is 1. The third-order valence-corrected chi connectivity index (χ3v) is 2.12. The molecule has 0 atom stereocenters. The maximum Gasteiger partial charge on any atom is 0.258 e. The molecule has 0 aromatic heterocycles. The lowest BCUT2D eigenvalue weighted by molar-refractivity contribution is -0.122. The summed E-state index contributed by atoms with van der Waals surface area (Å²) < 4.78 is 10.5. The van der Waals surface area contributed by atoms with E-state index in [1.807, 2.05) is 19.1 Å². The van der Waals surface area contributed by atoms with Crippen LogP contribution in [0, 0.1) is 6.92 Å². The molecule has 1 rings (SSSR count). The number of ether oxygens (including phenoxy) is 2. The van der Waals surface area contributed by atoms with Gasteiger partial charge in [0.1, 0.15) is 0 Å². The Bertz CT molecular complexity index is 402. The molecule has 1 N–H and O–H groups in total. The molecule has 1 aromatic carbocycles. The molecule has 0 saturated carbocycles. The van der Waals surface area contributed by atoms with E-state index in [-0.39, 0.29) is 12.5 Å². The van der Waals surface area contributed by atoms with Crippen LogP contribution in [0.2, 0.25) is 0 Å². The molecule has 0 spiro atoms. The van der Waals surface area contributed by atoms with Crippen LogP contribution in [0.5, 0.6) is 11.5 Å². The third-order valence-electron chi connectivity index (χ3n) is 2.12. The average molecular weight is 235 g/mol. The van der Waals surface area contributed by atoms with E-state index in [1.54, 1.807) is 19.3 Å². The topological polar surface area (TPSA) is 47.6 Å². The number of nitrogens with one attached hydrogen (secondary N) is 1. The van der Waals surface area contributed by atoms with Crippen LogP contribution in [-0.4, -0.2) is 26.2 Å². The molecular weight excluding hydrogens is 218 g/mol. The van der Waals surface area contributed by atoms with Gasteiger partial charge in [0.25, 0.3) is 5.91 Å². The fourth-order valence-electron chi connectivity index (χ4n) is 1.27. The van der Waals surface area contributed by atoms with Crippen molar-refractivity contribution in [2.75, 3.05) is 20.3 Å². The molecule has 0 bridgehead atoms. The Labute approximate surface area is 101 Å². The Morgan fingerprint density at radius 3 is 2.88 bits per heavy atom. The zero-order valence-corrected chi connectivity index (χ0v) is 10.2. The van der Waals surface area contributed by atoms with Gasteiger partial charge in [-0.15, -0.1) is 6.58 Å². The first kappa shape index (κ1) is 13.1. The van der Waals surface area contributed by atoms with Crippen LogP contribution in [0.1, 0.15) is 5.56 Å². The zero-order valence-electron chi connectivity index (χ0n) is 10.2. The lowest BCUT2D eigenvalue weighted by Gasteiger charge is -2.10. The van der Waals surface area contributed by atoms with Crippen molar-refractivity contribution in [3.05, 3.63) is 36.4 Å². The Morgan fingerprint density at radius 2 is 2.24 bits per heavy atom. The van der Waals surface area contributed by atoms with E-state index in [4.69, 9.17) is 9.47 Å². The SMILES string of the molecule is C=CCNC(=O)COc1ccc(C)cc1OC. The van der Waals surface area contributed by atoms with Gasteiger partial charge >= 0.3 is 0 Å². The number of hydrogen-bond acceptors (Lipinski definition) is 3. The lowest BCUT2D eigenvalue weighted by atomic mass is 10.2. The van der Waals surface area contributed by atoms with Gasteiger partial charge in [0.15, 0.2) is 18.1 Å². The van der Waals surface area contributed by atoms with Gasteiger partial charge in [0, 0.05) is 6.54 Å². The van der Waals surface area contributed by atoms with Crippen molar-refractivity contribution in [3.8, 4) is 11.5 Å². The average Bonchev–Trinajstić information content (AvgIpc) is 2.34. The maximum absolute atomic E-state index is 11.3. The minimum atomic E-state index is -0.187. The van der Waals surface area contributed by atoms with Crippen LogP contribution < -0.4 is 14.8 Å². The molecule has 0 radical (unpaired) electrons. The number of carbonyl (C=O) groups excluding carboxylic acids is 1. The Balaban J connectivity index is 2.56. The van der Waals surface area contributed by atoms with Crippen molar-refractivity contribution in [1.29, 1.82) is 0 Å². The van der Waals surface area contributed by atoms with Crippen molar-refractivity contribution in [2.45, 2.75) is 6.92 Å². The molecule has 0 aliphatic heterocycles. The molecule has 17 heavy (non-hydrogen) atoms. The van der Waals surface area contributed by atoms with E-state index in [0.29, 0.717) is 18.0 Å². The van der Waals surface area contributed by atoms with Crippen molar-refractivity contribution < 1.29 is 14.3 Å². The molecule has 1 amide bonds. The number of benzene rings is 1. The summed E-state index contributed by atoms with van der Waals surface area (Å²) in [7, 11) is 1.57. The highest BCUT2D eigenvalue weighted by Crippen LogP contribution is 2.27. The van der Waals surface area contributed by atoms with E-state index in [9.17, 15) is 4.79 Å². The molecule has 4 heteroatoms. The number of amides is 1. The predicted molar refractivity (Wildman–Crippen MR) is 66.4 cm³/mol. The predicted octanol–water partition coefficient (Wildman–Crippen LogP) is 1.68. The summed E-state index contributed by atoms with van der Waals surface area (Å²) in [6, 6.07) is 5.55. The first-order valence-corrected chi connectivity index (χ1v) is 5.32. The number of hydrogen-bond donors (Lipinski definition) is 1. The largest absolute Gasteiger partial charge is 0.493 e. The summed E-state index contributed by atoms with van der Waals surface area (Å²) in [6.45, 7) is 5.88.